The van der Waals surface area contributed by atoms with Gasteiger partial charge in [-0.3, -0.25) is 9.69 Å². The van der Waals surface area contributed by atoms with Crippen molar-refractivity contribution in [3.8, 4) is 0 Å². The number of carbonyl (C=O) groups excluding carboxylic acids is 1. The molecule has 2 atom stereocenters. The molecule has 4 heterocycles. The molecule has 2 unspecified atom stereocenters. The van der Waals surface area contributed by atoms with Crippen LogP contribution in [0, 0.1) is 12.8 Å². The molecule has 1 amide bonds. The third kappa shape index (κ3) is 1.93. The molecule has 4 aliphatic heterocycles. The number of amides is 1. The Bertz CT molecular complexity index is 616. The Hall–Kier alpha value is -1.68. The van der Waals surface area contributed by atoms with E-state index in [2.05, 4.69) is 36.1 Å². The van der Waals surface area contributed by atoms with Crippen molar-refractivity contribution in [3.63, 3.8) is 0 Å². The Kier molecular flexibility index (Phi) is 2.89. The summed E-state index contributed by atoms with van der Waals surface area (Å²) in [6.07, 6.45) is 2.39. The van der Waals surface area contributed by atoms with E-state index < -0.39 is 0 Å². The van der Waals surface area contributed by atoms with Crippen LogP contribution in [0.5, 0.6) is 0 Å². The number of rotatable bonds is 1. The number of hydrogen-bond donors (Lipinski definition) is 0. The molecule has 4 nitrogen and oxygen atoms in total. The fourth-order valence-electron chi connectivity index (χ4n) is 4.17. The zero-order valence-corrected chi connectivity index (χ0v) is 12.6. The van der Waals surface area contributed by atoms with Crippen molar-refractivity contribution in [2.24, 2.45) is 11.0 Å². The van der Waals surface area contributed by atoms with Gasteiger partial charge in [-0.2, -0.15) is 5.10 Å². The van der Waals surface area contributed by atoms with Gasteiger partial charge in [0.15, 0.2) is 0 Å². The van der Waals surface area contributed by atoms with Crippen molar-refractivity contribution in [1.82, 2.24) is 9.91 Å². The third-order valence-corrected chi connectivity index (χ3v) is 5.14. The minimum Gasteiger partial charge on any atom is -0.293 e. The van der Waals surface area contributed by atoms with Crippen LogP contribution >= 0.6 is 0 Å². The smallest absolute Gasteiger partial charge is 0.240 e. The van der Waals surface area contributed by atoms with E-state index in [1.165, 1.54) is 29.7 Å². The molecular formula is C17H21N3O. The first-order valence-corrected chi connectivity index (χ1v) is 7.84. The Morgan fingerprint density at radius 1 is 1.24 bits per heavy atom. The van der Waals surface area contributed by atoms with E-state index in [4.69, 9.17) is 5.10 Å². The van der Waals surface area contributed by atoms with Gasteiger partial charge in [-0.1, -0.05) is 29.8 Å². The van der Waals surface area contributed by atoms with Crippen LogP contribution in [-0.4, -0.2) is 40.7 Å². The van der Waals surface area contributed by atoms with Gasteiger partial charge in [0.05, 0.1) is 11.8 Å². The van der Waals surface area contributed by atoms with Gasteiger partial charge < -0.3 is 0 Å². The number of piperidine rings is 3. The molecule has 0 spiro atoms. The first-order chi connectivity index (χ1) is 10.1. The maximum absolute atomic E-state index is 12.1. The van der Waals surface area contributed by atoms with Crippen LogP contribution in [0.1, 0.15) is 36.9 Å². The largest absolute Gasteiger partial charge is 0.293 e. The van der Waals surface area contributed by atoms with E-state index in [1.54, 1.807) is 11.9 Å². The normalized spacial score (nSPS) is 33.8. The van der Waals surface area contributed by atoms with Crippen molar-refractivity contribution >= 4 is 11.6 Å². The molecule has 0 N–H and O–H groups in total. The summed E-state index contributed by atoms with van der Waals surface area (Å²) in [7, 11) is 0. The molecule has 2 bridgehead atoms. The van der Waals surface area contributed by atoms with Crippen molar-refractivity contribution in [1.29, 1.82) is 0 Å². The maximum Gasteiger partial charge on any atom is 0.240 e. The fraction of sp³-hybridized carbons (Fsp3) is 0.529. The van der Waals surface area contributed by atoms with Gasteiger partial charge in [-0.05, 0) is 38.4 Å². The topological polar surface area (TPSA) is 35.9 Å². The number of carbonyl (C=O) groups is 1. The first-order valence-electron chi connectivity index (χ1n) is 7.84. The highest BCUT2D eigenvalue weighted by Gasteiger charge is 2.50. The van der Waals surface area contributed by atoms with Crippen LogP contribution in [0.4, 0.5) is 0 Å². The zero-order chi connectivity index (χ0) is 14.6. The minimum absolute atomic E-state index is 0.0454. The Balaban J connectivity index is 1.79. The minimum atomic E-state index is 0.0454. The van der Waals surface area contributed by atoms with Gasteiger partial charge in [0.25, 0.3) is 0 Å². The highest BCUT2D eigenvalue weighted by Crippen LogP contribution is 2.43. The molecule has 110 valence electrons. The standard InChI is InChI=1S/C17H21N3O/c1-11-4-3-5-14(10-11)16-17-15(18-20(16)12(2)21)13-6-8-19(17)9-7-13/h3-5,10,13,16-17H,6-9H2,1-2H3. The summed E-state index contributed by atoms with van der Waals surface area (Å²) < 4.78 is 0. The zero-order valence-electron chi connectivity index (χ0n) is 12.6. The average Bonchev–Trinajstić information content (AvgIpc) is 2.91. The molecular weight excluding hydrogens is 262 g/mol. The fourth-order valence-corrected chi connectivity index (χ4v) is 4.17. The summed E-state index contributed by atoms with van der Waals surface area (Å²) in [6, 6.07) is 8.87. The molecule has 4 heteroatoms. The molecule has 0 radical (unpaired) electrons. The number of hydrazone groups is 1. The van der Waals surface area contributed by atoms with Gasteiger partial charge in [0.1, 0.15) is 6.04 Å². The van der Waals surface area contributed by atoms with Crippen LogP contribution in [0.3, 0.4) is 0 Å². The lowest BCUT2D eigenvalue weighted by atomic mass is 9.78. The van der Waals surface area contributed by atoms with Crippen molar-refractivity contribution in [3.05, 3.63) is 35.4 Å². The molecule has 0 saturated carbocycles. The highest BCUT2D eigenvalue weighted by molar-refractivity contribution is 5.97. The van der Waals surface area contributed by atoms with E-state index in [-0.39, 0.29) is 11.9 Å². The quantitative estimate of drug-likeness (QED) is 0.793. The van der Waals surface area contributed by atoms with Crippen molar-refractivity contribution < 1.29 is 4.79 Å². The van der Waals surface area contributed by atoms with Gasteiger partial charge in [-0.25, -0.2) is 5.01 Å². The van der Waals surface area contributed by atoms with Gasteiger partial charge in [-0.15, -0.1) is 0 Å². The summed E-state index contributed by atoms with van der Waals surface area (Å²) >= 11 is 0. The van der Waals surface area contributed by atoms with E-state index in [0.29, 0.717) is 12.0 Å². The number of fused-ring (bicyclic) bond motifs is 2. The van der Waals surface area contributed by atoms with Crippen LogP contribution < -0.4 is 0 Å². The van der Waals surface area contributed by atoms with Crippen LogP contribution in [0.15, 0.2) is 29.4 Å². The maximum atomic E-state index is 12.1. The molecule has 3 saturated heterocycles. The molecule has 1 aromatic carbocycles. The molecule has 21 heavy (non-hydrogen) atoms. The van der Waals surface area contributed by atoms with Crippen molar-refractivity contribution in [2.75, 3.05) is 13.1 Å². The summed E-state index contributed by atoms with van der Waals surface area (Å²) in [5.74, 6) is 0.626. The second kappa shape index (κ2) is 4.67. The molecule has 0 aliphatic carbocycles. The van der Waals surface area contributed by atoms with Gasteiger partial charge in [0, 0.05) is 12.8 Å². The summed E-state index contributed by atoms with van der Waals surface area (Å²) in [4.78, 5) is 14.6. The van der Waals surface area contributed by atoms with Gasteiger partial charge in [0.2, 0.25) is 5.91 Å². The first kappa shape index (κ1) is 13.0. The second-order valence-electron chi connectivity index (χ2n) is 6.50. The van der Waals surface area contributed by atoms with Crippen LogP contribution in [-0.2, 0) is 4.79 Å². The average molecular weight is 283 g/mol. The molecule has 0 aromatic heterocycles. The third-order valence-electron chi connectivity index (χ3n) is 5.14. The monoisotopic (exact) mass is 283 g/mol. The van der Waals surface area contributed by atoms with Gasteiger partial charge >= 0.3 is 0 Å². The Morgan fingerprint density at radius 3 is 2.67 bits per heavy atom. The second-order valence-corrected chi connectivity index (χ2v) is 6.50. The predicted molar refractivity (Wildman–Crippen MR) is 82.0 cm³/mol. The van der Waals surface area contributed by atoms with Crippen LogP contribution in [0.25, 0.3) is 0 Å². The lowest BCUT2D eigenvalue weighted by Gasteiger charge is -2.46. The van der Waals surface area contributed by atoms with E-state index in [0.717, 1.165) is 13.1 Å². The Labute approximate surface area is 125 Å². The summed E-state index contributed by atoms with van der Waals surface area (Å²) in [5, 5.41) is 6.47. The molecule has 1 aromatic rings. The molecule has 5 rings (SSSR count). The number of nitrogens with zero attached hydrogens (tertiary/aromatic N) is 3. The number of hydrogen-bond acceptors (Lipinski definition) is 3. The molecule has 4 aliphatic rings. The van der Waals surface area contributed by atoms with Crippen molar-refractivity contribution in [2.45, 2.75) is 38.8 Å². The highest BCUT2D eigenvalue weighted by atomic mass is 16.2. The Morgan fingerprint density at radius 2 is 2.00 bits per heavy atom. The summed E-state index contributed by atoms with van der Waals surface area (Å²) in [6.45, 7) is 6.01. The van der Waals surface area contributed by atoms with E-state index in [1.807, 2.05) is 0 Å². The van der Waals surface area contributed by atoms with E-state index >= 15 is 0 Å². The lowest BCUT2D eigenvalue weighted by Crippen LogP contribution is -2.56. The lowest BCUT2D eigenvalue weighted by molar-refractivity contribution is -0.131. The molecule has 3 fully saturated rings. The summed E-state index contributed by atoms with van der Waals surface area (Å²) in [5.41, 5.74) is 3.69. The number of benzene rings is 1. The van der Waals surface area contributed by atoms with E-state index in [9.17, 15) is 4.79 Å². The number of aryl methyl sites for hydroxylation is 1. The SMILES string of the molecule is CC(=O)N1N=C2C3CCN(CC3)C2C1c1cccc(C)c1. The van der Waals surface area contributed by atoms with Crippen LogP contribution in [0.2, 0.25) is 0 Å². The predicted octanol–water partition coefficient (Wildman–Crippen LogP) is 2.35.